The molecule has 138 valence electrons. The van der Waals surface area contributed by atoms with Crippen molar-refractivity contribution < 1.29 is 19.7 Å². The molecule has 0 amide bonds. The second kappa shape index (κ2) is 7.91. The van der Waals surface area contributed by atoms with Gasteiger partial charge < -0.3 is 14.9 Å². The van der Waals surface area contributed by atoms with E-state index in [2.05, 4.69) is 0 Å². The molecule has 0 unspecified atom stereocenters. The smallest absolute Gasteiger partial charge is 0.338 e. The normalized spacial score (nSPS) is 10.6. The first-order chi connectivity index (χ1) is 12.9. The van der Waals surface area contributed by atoms with Crippen molar-refractivity contribution in [1.29, 1.82) is 0 Å². The first kappa shape index (κ1) is 19.1. The number of phenols is 1. The Balaban J connectivity index is 2.34. The fourth-order valence-corrected chi connectivity index (χ4v) is 3.49. The van der Waals surface area contributed by atoms with Crippen molar-refractivity contribution in [2.75, 3.05) is 7.11 Å². The van der Waals surface area contributed by atoms with Gasteiger partial charge in [0.1, 0.15) is 4.49 Å². The zero-order chi connectivity index (χ0) is 19.6. The standard InChI is InChI=1S/C21H16Cl2O4/c1-27-16-11-15(18(20(22)23)21(25)26)14-9-5-8-13(17(14)19(16)24)10-12-6-3-2-4-7-12/h2-9,11,24H,10H2,1H3,(H,25,26). The summed E-state index contributed by atoms with van der Waals surface area (Å²) in [6, 6.07) is 16.6. The Morgan fingerprint density at radius 1 is 1.07 bits per heavy atom. The van der Waals surface area contributed by atoms with Crippen molar-refractivity contribution >= 4 is 45.5 Å². The van der Waals surface area contributed by atoms with E-state index in [0.29, 0.717) is 17.2 Å². The zero-order valence-corrected chi connectivity index (χ0v) is 15.9. The molecule has 27 heavy (non-hydrogen) atoms. The molecular formula is C21H16Cl2O4. The highest BCUT2D eigenvalue weighted by molar-refractivity contribution is 6.61. The van der Waals surface area contributed by atoms with Crippen molar-refractivity contribution in [2.24, 2.45) is 0 Å². The van der Waals surface area contributed by atoms with Crippen LogP contribution in [0.1, 0.15) is 16.7 Å². The quantitative estimate of drug-likeness (QED) is 0.562. The summed E-state index contributed by atoms with van der Waals surface area (Å²) in [7, 11) is 1.40. The van der Waals surface area contributed by atoms with Gasteiger partial charge >= 0.3 is 5.97 Å². The van der Waals surface area contributed by atoms with E-state index in [4.69, 9.17) is 27.9 Å². The predicted molar refractivity (Wildman–Crippen MR) is 108 cm³/mol. The van der Waals surface area contributed by atoms with Crippen LogP contribution < -0.4 is 4.74 Å². The van der Waals surface area contributed by atoms with E-state index in [9.17, 15) is 15.0 Å². The number of halogens is 2. The van der Waals surface area contributed by atoms with Gasteiger partial charge in [-0.25, -0.2) is 4.79 Å². The Morgan fingerprint density at radius 3 is 2.37 bits per heavy atom. The number of carbonyl (C=O) groups is 1. The summed E-state index contributed by atoms with van der Waals surface area (Å²) in [5.41, 5.74) is 1.91. The Kier molecular flexibility index (Phi) is 5.59. The maximum Gasteiger partial charge on any atom is 0.338 e. The number of fused-ring (bicyclic) bond motifs is 1. The first-order valence-corrected chi connectivity index (χ1v) is 8.84. The molecule has 3 aromatic rings. The largest absolute Gasteiger partial charge is 0.504 e. The van der Waals surface area contributed by atoms with Gasteiger partial charge in [-0.15, -0.1) is 0 Å². The van der Waals surface area contributed by atoms with E-state index in [-0.39, 0.29) is 27.1 Å². The number of carboxylic acids is 1. The lowest BCUT2D eigenvalue weighted by Gasteiger charge is -2.16. The molecular weight excluding hydrogens is 387 g/mol. The van der Waals surface area contributed by atoms with Gasteiger partial charge in [-0.3, -0.25) is 0 Å². The second-order valence-electron chi connectivity index (χ2n) is 5.92. The Hall–Kier alpha value is -2.69. The molecule has 0 aliphatic carbocycles. The molecule has 0 aromatic heterocycles. The number of ether oxygens (including phenoxy) is 1. The number of hydrogen-bond acceptors (Lipinski definition) is 3. The lowest BCUT2D eigenvalue weighted by atomic mass is 9.92. The monoisotopic (exact) mass is 402 g/mol. The van der Waals surface area contributed by atoms with Gasteiger partial charge in [-0.05, 0) is 29.0 Å². The van der Waals surface area contributed by atoms with Gasteiger partial charge in [-0.1, -0.05) is 71.7 Å². The Morgan fingerprint density at radius 2 is 1.78 bits per heavy atom. The molecule has 4 nitrogen and oxygen atoms in total. The van der Waals surface area contributed by atoms with Gasteiger partial charge in [0.25, 0.3) is 0 Å². The fourth-order valence-electron chi connectivity index (χ4n) is 3.13. The summed E-state index contributed by atoms with van der Waals surface area (Å²) >= 11 is 11.7. The third-order valence-electron chi connectivity index (χ3n) is 4.32. The summed E-state index contributed by atoms with van der Waals surface area (Å²) < 4.78 is 4.89. The number of hydrogen-bond donors (Lipinski definition) is 2. The topological polar surface area (TPSA) is 66.8 Å². The summed E-state index contributed by atoms with van der Waals surface area (Å²) in [6.45, 7) is 0. The minimum atomic E-state index is -1.27. The number of aromatic hydroxyl groups is 1. The molecule has 0 fully saturated rings. The molecule has 0 saturated heterocycles. The van der Waals surface area contributed by atoms with Crippen LogP contribution in [0.3, 0.4) is 0 Å². The Bertz CT molecular complexity index is 1040. The van der Waals surface area contributed by atoms with Gasteiger partial charge in [0.2, 0.25) is 0 Å². The average Bonchev–Trinajstić information content (AvgIpc) is 2.64. The molecule has 2 N–H and O–H groups in total. The van der Waals surface area contributed by atoms with Crippen LogP contribution in [0.15, 0.2) is 59.1 Å². The molecule has 6 heteroatoms. The minimum absolute atomic E-state index is 0.0572. The molecule has 3 rings (SSSR count). The molecule has 0 radical (unpaired) electrons. The average molecular weight is 403 g/mol. The van der Waals surface area contributed by atoms with Crippen molar-refractivity contribution in [3.05, 3.63) is 75.8 Å². The van der Waals surface area contributed by atoms with Crippen LogP contribution in [-0.2, 0) is 11.2 Å². The summed E-state index contributed by atoms with van der Waals surface area (Å²) in [5, 5.41) is 21.3. The highest BCUT2D eigenvalue weighted by atomic mass is 35.5. The van der Waals surface area contributed by atoms with E-state index in [0.717, 1.165) is 11.1 Å². The molecule has 0 aliphatic heterocycles. The van der Waals surface area contributed by atoms with Crippen molar-refractivity contribution in [3.8, 4) is 11.5 Å². The van der Waals surface area contributed by atoms with Gasteiger partial charge in [-0.2, -0.15) is 0 Å². The van der Waals surface area contributed by atoms with E-state index in [1.807, 2.05) is 36.4 Å². The molecule has 0 aliphatic rings. The summed E-state index contributed by atoms with van der Waals surface area (Å²) in [6.07, 6.45) is 0.555. The van der Waals surface area contributed by atoms with Crippen molar-refractivity contribution in [3.63, 3.8) is 0 Å². The molecule has 3 aromatic carbocycles. The lowest BCUT2D eigenvalue weighted by Crippen LogP contribution is -2.03. The second-order valence-corrected chi connectivity index (χ2v) is 6.87. The third kappa shape index (κ3) is 3.72. The van der Waals surface area contributed by atoms with Gasteiger partial charge in [0.15, 0.2) is 11.5 Å². The number of methoxy groups -OCH3 is 1. The van der Waals surface area contributed by atoms with Crippen LogP contribution in [0.25, 0.3) is 16.3 Å². The number of benzene rings is 3. The van der Waals surface area contributed by atoms with Gasteiger partial charge in [0, 0.05) is 10.9 Å². The van der Waals surface area contributed by atoms with E-state index >= 15 is 0 Å². The molecule has 0 spiro atoms. The van der Waals surface area contributed by atoms with Crippen LogP contribution in [0.5, 0.6) is 11.5 Å². The fraction of sp³-hybridized carbons (Fsp3) is 0.0952. The Labute approximate surface area is 166 Å². The SMILES string of the molecule is COc1cc(C(C(=O)O)=C(Cl)Cl)c2cccc(Cc3ccccc3)c2c1O. The minimum Gasteiger partial charge on any atom is -0.504 e. The number of phenolic OH excluding ortho intramolecular Hbond substituents is 1. The predicted octanol–water partition coefficient (Wildman–Crippen LogP) is 5.38. The highest BCUT2D eigenvalue weighted by Crippen LogP contribution is 2.42. The summed E-state index contributed by atoms with van der Waals surface area (Å²) in [5.74, 6) is -1.18. The highest BCUT2D eigenvalue weighted by Gasteiger charge is 2.22. The summed E-state index contributed by atoms with van der Waals surface area (Å²) in [4.78, 5) is 11.7. The number of carboxylic acid groups (broad SMARTS) is 1. The van der Waals surface area contributed by atoms with Crippen molar-refractivity contribution in [2.45, 2.75) is 6.42 Å². The van der Waals surface area contributed by atoms with E-state index in [1.54, 1.807) is 12.1 Å². The van der Waals surface area contributed by atoms with E-state index in [1.165, 1.54) is 13.2 Å². The maximum atomic E-state index is 11.7. The maximum absolute atomic E-state index is 11.7. The molecule has 0 atom stereocenters. The van der Waals surface area contributed by atoms with Gasteiger partial charge in [0.05, 0.1) is 12.7 Å². The zero-order valence-electron chi connectivity index (χ0n) is 14.4. The van der Waals surface area contributed by atoms with E-state index < -0.39 is 5.97 Å². The van der Waals surface area contributed by atoms with Crippen LogP contribution >= 0.6 is 23.2 Å². The third-order valence-corrected chi connectivity index (χ3v) is 4.69. The van der Waals surface area contributed by atoms with Crippen LogP contribution in [0.4, 0.5) is 0 Å². The lowest BCUT2D eigenvalue weighted by molar-refractivity contribution is -0.130. The van der Waals surface area contributed by atoms with Crippen LogP contribution in [0.2, 0.25) is 0 Å². The first-order valence-electron chi connectivity index (χ1n) is 8.08. The van der Waals surface area contributed by atoms with Crippen LogP contribution in [-0.4, -0.2) is 23.3 Å². The van der Waals surface area contributed by atoms with Crippen LogP contribution in [0, 0.1) is 0 Å². The van der Waals surface area contributed by atoms with Crippen molar-refractivity contribution in [1.82, 2.24) is 0 Å². The number of rotatable bonds is 5. The molecule has 0 saturated carbocycles. The number of aliphatic carboxylic acids is 1. The molecule has 0 heterocycles. The molecule has 0 bridgehead atoms.